The van der Waals surface area contributed by atoms with Crippen molar-refractivity contribution in [3.8, 4) is 0 Å². The fourth-order valence-corrected chi connectivity index (χ4v) is 3.16. The highest BCUT2D eigenvalue weighted by Crippen LogP contribution is 2.26. The Morgan fingerprint density at radius 2 is 1.52 bits per heavy atom. The van der Waals surface area contributed by atoms with E-state index in [-0.39, 0.29) is 0 Å². The van der Waals surface area contributed by atoms with Gasteiger partial charge in [-0.2, -0.15) is 0 Å². The van der Waals surface area contributed by atoms with Crippen LogP contribution in [0.15, 0.2) is 42.5 Å². The first kappa shape index (κ1) is 14.2. The van der Waals surface area contributed by atoms with Crippen LogP contribution in [0.25, 0.3) is 21.8 Å². The van der Waals surface area contributed by atoms with E-state index in [0.29, 0.717) is 0 Å². The van der Waals surface area contributed by atoms with Gasteiger partial charge in [0.2, 0.25) is 0 Å². The Labute approximate surface area is 127 Å². The Balaban J connectivity index is 1.68. The number of benzene rings is 2. The van der Waals surface area contributed by atoms with Gasteiger partial charge >= 0.3 is 0 Å². The van der Waals surface area contributed by atoms with Crippen LogP contribution in [0.3, 0.4) is 0 Å². The summed E-state index contributed by atoms with van der Waals surface area (Å²) in [5.74, 6) is 0. The third kappa shape index (κ3) is 3.29. The summed E-state index contributed by atoms with van der Waals surface area (Å²) in [6, 6.07) is 15.5. The topological polar surface area (TPSA) is 15.8 Å². The lowest BCUT2D eigenvalue weighted by atomic mass is 10.0. The van der Waals surface area contributed by atoms with Crippen LogP contribution in [0.1, 0.15) is 51.0 Å². The highest BCUT2D eigenvalue weighted by Gasteiger charge is 2.04. The molecule has 1 heterocycles. The number of nitrogens with one attached hydrogen (secondary N) is 1. The van der Waals surface area contributed by atoms with Crippen molar-refractivity contribution < 1.29 is 0 Å². The molecule has 3 rings (SSSR count). The number of H-pyrrole nitrogens is 1. The number of hydrogen-bond donors (Lipinski definition) is 1. The first-order valence-electron chi connectivity index (χ1n) is 8.38. The molecular weight excluding hydrogens is 254 g/mol. The number of aromatic nitrogens is 1. The van der Waals surface area contributed by atoms with E-state index < -0.39 is 0 Å². The van der Waals surface area contributed by atoms with Crippen LogP contribution in [0, 0.1) is 0 Å². The molecule has 0 spiro atoms. The molecule has 0 unspecified atom stereocenters. The zero-order valence-electron chi connectivity index (χ0n) is 13.0. The molecule has 0 amide bonds. The van der Waals surface area contributed by atoms with Crippen LogP contribution in [0.2, 0.25) is 0 Å². The van der Waals surface area contributed by atoms with E-state index >= 15 is 0 Å². The molecule has 0 saturated heterocycles. The molecule has 0 aliphatic heterocycles. The molecule has 0 fully saturated rings. The van der Waals surface area contributed by atoms with Gasteiger partial charge in [0.05, 0.1) is 0 Å². The van der Waals surface area contributed by atoms with E-state index in [2.05, 4.69) is 54.4 Å². The summed E-state index contributed by atoms with van der Waals surface area (Å²) in [4.78, 5) is 3.50. The summed E-state index contributed by atoms with van der Waals surface area (Å²) < 4.78 is 0. The normalized spacial score (nSPS) is 11.5. The molecule has 3 aromatic rings. The van der Waals surface area contributed by atoms with Gasteiger partial charge in [0.15, 0.2) is 0 Å². The molecular formula is C20H25N. The van der Waals surface area contributed by atoms with E-state index in [4.69, 9.17) is 0 Å². The number of aryl methyl sites for hydroxylation is 1. The Morgan fingerprint density at radius 3 is 2.43 bits per heavy atom. The minimum atomic E-state index is 1.21. The van der Waals surface area contributed by atoms with Gasteiger partial charge in [-0.05, 0) is 36.6 Å². The summed E-state index contributed by atoms with van der Waals surface area (Å²) in [5.41, 5.74) is 3.97. The number of aromatic amines is 1. The van der Waals surface area contributed by atoms with Crippen LogP contribution in [0.4, 0.5) is 0 Å². The van der Waals surface area contributed by atoms with Gasteiger partial charge in [0, 0.05) is 21.8 Å². The molecule has 1 nitrogen and oxygen atoms in total. The first-order valence-corrected chi connectivity index (χ1v) is 8.38. The molecule has 110 valence electrons. The zero-order valence-corrected chi connectivity index (χ0v) is 13.0. The Hall–Kier alpha value is -1.76. The second-order valence-electron chi connectivity index (χ2n) is 6.07. The third-order valence-electron chi connectivity index (χ3n) is 4.39. The van der Waals surface area contributed by atoms with Crippen molar-refractivity contribution in [1.29, 1.82) is 0 Å². The van der Waals surface area contributed by atoms with Crippen molar-refractivity contribution in [2.75, 3.05) is 0 Å². The lowest BCUT2D eigenvalue weighted by Crippen LogP contribution is -1.86. The summed E-state index contributed by atoms with van der Waals surface area (Å²) >= 11 is 0. The van der Waals surface area contributed by atoms with Crippen LogP contribution in [-0.4, -0.2) is 4.98 Å². The van der Waals surface area contributed by atoms with Gasteiger partial charge in [0.1, 0.15) is 0 Å². The van der Waals surface area contributed by atoms with Gasteiger partial charge in [-0.1, -0.05) is 63.3 Å². The maximum absolute atomic E-state index is 3.50. The van der Waals surface area contributed by atoms with Crippen LogP contribution >= 0.6 is 0 Å². The monoisotopic (exact) mass is 279 g/mol. The van der Waals surface area contributed by atoms with E-state index in [0.717, 1.165) is 0 Å². The number of unbranched alkanes of at least 4 members (excludes halogenated alkanes) is 5. The standard InChI is InChI=1S/C20H25N/c1-2-3-4-5-6-7-10-16-13-14-20-18(15-16)17-11-8-9-12-19(17)21-20/h8-9,11-15,21H,2-7,10H2,1H3. The van der Waals surface area contributed by atoms with E-state index in [1.807, 2.05) is 0 Å². The smallest absolute Gasteiger partial charge is 0.0465 e. The van der Waals surface area contributed by atoms with Gasteiger partial charge < -0.3 is 4.98 Å². The maximum Gasteiger partial charge on any atom is 0.0465 e. The molecule has 0 radical (unpaired) electrons. The Morgan fingerprint density at radius 1 is 0.762 bits per heavy atom. The van der Waals surface area contributed by atoms with Gasteiger partial charge in [-0.3, -0.25) is 0 Å². The van der Waals surface area contributed by atoms with Crippen molar-refractivity contribution in [3.05, 3.63) is 48.0 Å². The highest BCUT2D eigenvalue weighted by atomic mass is 14.7. The molecule has 21 heavy (non-hydrogen) atoms. The van der Waals surface area contributed by atoms with Crippen molar-refractivity contribution in [3.63, 3.8) is 0 Å². The zero-order chi connectivity index (χ0) is 14.5. The minimum absolute atomic E-state index is 1.21. The average molecular weight is 279 g/mol. The predicted molar refractivity (Wildman–Crippen MR) is 92.9 cm³/mol. The predicted octanol–water partition coefficient (Wildman–Crippen LogP) is 6.22. The molecule has 0 atom stereocenters. The van der Waals surface area contributed by atoms with Crippen LogP contribution in [0.5, 0.6) is 0 Å². The maximum atomic E-state index is 3.50. The van der Waals surface area contributed by atoms with Gasteiger partial charge in [-0.25, -0.2) is 0 Å². The van der Waals surface area contributed by atoms with Gasteiger partial charge in [-0.15, -0.1) is 0 Å². The summed E-state index contributed by atoms with van der Waals surface area (Å²) in [7, 11) is 0. The molecule has 2 aromatic carbocycles. The number of rotatable bonds is 7. The summed E-state index contributed by atoms with van der Waals surface area (Å²) in [6.07, 6.45) is 9.41. The quantitative estimate of drug-likeness (QED) is 0.494. The lowest BCUT2D eigenvalue weighted by molar-refractivity contribution is 0.607. The molecule has 0 bridgehead atoms. The van der Waals surface area contributed by atoms with E-state index in [1.54, 1.807) is 0 Å². The molecule has 1 heteroatoms. The average Bonchev–Trinajstić information content (AvgIpc) is 2.89. The van der Waals surface area contributed by atoms with Crippen LogP contribution in [-0.2, 0) is 6.42 Å². The highest BCUT2D eigenvalue weighted by molar-refractivity contribution is 6.07. The fourth-order valence-electron chi connectivity index (χ4n) is 3.16. The Kier molecular flexibility index (Phi) is 4.59. The fraction of sp³-hybridized carbons (Fsp3) is 0.400. The summed E-state index contributed by atoms with van der Waals surface area (Å²) in [6.45, 7) is 2.27. The molecule has 0 aliphatic rings. The first-order chi connectivity index (χ1) is 10.4. The molecule has 0 aliphatic carbocycles. The Bertz CT molecular complexity index is 708. The SMILES string of the molecule is CCCCCCCCc1ccc2[nH]c3ccccc3c2c1. The second kappa shape index (κ2) is 6.80. The number of fused-ring (bicyclic) bond motifs is 3. The van der Waals surface area contributed by atoms with Crippen molar-refractivity contribution >= 4 is 21.8 Å². The number of hydrogen-bond acceptors (Lipinski definition) is 0. The van der Waals surface area contributed by atoms with Crippen molar-refractivity contribution in [2.24, 2.45) is 0 Å². The molecule has 1 aromatic heterocycles. The molecule has 0 saturated carbocycles. The third-order valence-corrected chi connectivity index (χ3v) is 4.39. The van der Waals surface area contributed by atoms with Gasteiger partial charge in [0.25, 0.3) is 0 Å². The van der Waals surface area contributed by atoms with Crippen LogP contribution < -0.4 is 0 Å². The van der Waals surface area contributed by atoms with E-state index in [1.165, 1.54) is 72.3 Å². The summed E-state index contributed by atoms with van der Waals surface area (Å²) in [5, 5.41) is 2.71. The van der Waals surface area contributed by atoms with Crippen molar-refractivity contribution in [1.82, 2.24) is 4.98 Å². The molecule has 1 N–H and O–H groups in total. The lowest BCUT2D eigenvalue weighted by Gasteiger charge is -2.03. The largest absolute Gasteiger partial charge is 0.355 e. The second-order valence-corrected chi connectivity index (χ2v) is 6.07. The van der Waals surface area contributed by atoms with E-state index in [9.17, 15) is 0 Å². The minimum Gasteiger partial charge on any atom is -0.355 e. The van der Waals surface area contributed by atoms with Crippen molar-refractivity contribution in [2.45, 2.75) is 51.9 Å². The number of para-hydroxylation sites is 1.